The zero-order valence-electron chi connectivity index (χ0n) is 3.85. The molecule has 0 N–H and O–H groups in total. The van der Waals surface area contributed by atoms with Gasteiger partial charge in [0.05, 0.1) is 2.56 Å². The average Bonchev–Trinajstić information content (AvgIpc) is 1.36. The monoisotopic (exact) mass is 97.0 g/mol. The first kappa shape index (κ1) is 2.10. The molecule has 0 spiro atoms. The number of rotatable bonds is 1. The van der Waals surface area contributed by atoms with Crippen molar-refractivity contribution >= 4 is 24.2 Å². The summed E-state index contributed by atoms with van der Waals surface area (Å²) >= 11 is 0. The molecule has 0 amide bonds. The molecule has 0 aromatic carbocycles. The molecule has 2 atom stereocenters. The Morgan fingerprint density at radius 2 is 3.25 bits per heavy atom. The molecule has 2 radical (unpaired) electrons. The van der Waals surface area contributed by atoms with Gasteiger partial charge in [-0.15, -0.1) is 0 Å². The van der Waals surface area contributed by atoms with Gasteiger partial charge < -0.3 is 0 Å². The van der Waals surface area contributed by atoms with E-state index >= 15 is 0 Å². The summed E-state index contributed by atoms with van der Waals surface area (Å²) in [4.78, 5) is 0. The van der Waals surface area contributed by atoms with E-state index in [-0.39, 0.29) is 0 Å². The molecule has 2 unspecified atom stereocenters. The second kappa shape index (κ2) is 2.11. The summed E-state index contributed by atoms with van der Waals surface area (Å²) in [6, 6.07) is 0. The van der Waals surface area contributed by atoms with Crippen molar-refractivity contribution in [3.05, 3.63) is 0 Å². The lowest BCUT2D eigenvalue weighted by Crippen LogP contribution is -1.29. The lowest BCUT2D eigenvalue weighted by molar-refractivity contribution is 0.930. The molecule has 0 aliphatic rings. The van der Waals surface area contributed by atoms with Crippen LogP contribution in [0.4, 0.5) is 4.20 Å². The lowest BCUT2D eigenvalue weighted by atomic mass is 10.8. The Hall–Kier alpha value is 0.855. The zero-order chi connectivity index (χ0) is 5.15. The van der Waals surface area contributed by atoms with Crippen molar-refractivity contribution in [1.29, 1.82) is 2.56 Å². The lowest BCUT2D eigenvalue weighted by Gasteiger charge is -1.75. The summed E-state index contributed by atoms with van der Waals surface area (Å²) in [6.45, 7) is 0. The van der Waals surface area contributed by atoms with Crippen molar-refractivity contribution in [1.82, 2.24) is 0 Å². The van der Waals surface area contributed by atoms with Crippen LogP contribution in [0.5, 0.6) is 0 Å². The van der Waals surface area contributed by atoms with E-state index in [2.05, 4.69) is 7.57 Å². The third kappa shape index (κ3) is 13.4. The van der Waals surface area contributed by atoms with Gasteiger partial charge in [-0.2, -0.15) is 0 Å². The highest BCUT2D eigenvalue weighted by Crippen LogP contribution is 2.39. The number of halogens is 1. The van der Waals surface area contributed by atoms with Crippen LogP contribution in [0.15, 0.2) is 0 Å². The standard InChI is InChI=1S/BFH2P2/c1-4(2)3/h3H2/i3TD. The van der Waals surface area contributed by atoms with Gasteiger partial charge in [0.1, 0.15) is 0 Å². The van der Waals surface area contributed by atoms with Crippen LogP contribution < -0.4 is 0 Å². The second-order valence-corrected chi connectivity index (χ2v) is 2.01. The summed E-state index contributed by atoms with van der Waals surface area (Å²) in [7, 11) is 0.242. The van der Waals surface area contributed by atoms with Crippen molar-refractivity contribution in [3.63, 3.8) is 0 Å². The maximum atomic E-state index is 11.3. The van der Waals surface area contributed by atoms with Crippen molar-refractivity contribution in [2.24, 2.45) is 0 Å². The van der Waals surface area contributed by atoms with E-state index in [1.54, 1.807) is 0 Å². The number of hydrogen-bond donors (Lipinski definition) is 0. The molecule has 0 saturated carbocycles. The van der Waals surface area contributed by atoms with Gasteiger partial charge in [-0.25, -0.2) is 4.20 Å². The van der Waals surface area contributed by atoms with Crippen molar-refractivity contribution < 1.29 is 4.20 Å². The molecule has 0 bridgehead atoms. The summed E-state index contributed by atoms with van der Waals surface area (Å²) < 4.78 is 23.9. The van der Waals surface area contributed by atoms with E-state index < -0.39 is 16.6 Å². The van der Waals surface area contributed by atoms with Gasteiger partial charge in [0, 0.05) is 7.80 Å². The Kier molecular flexibility index (Phi) is 1.11. The van der Waals surface area contributed by atoms with Crippen LogP contribution in [0.25, 0.3) is 0 Å². The highest BCUT2D eigenvalue weighted by molar-refractivity contribution is 8.23. The summed E-state index contributed by atoms with van der Waals surface area (Å²) in [5, 5.41) is 0. The van der Waals surface area contributed by atoms with Crippen LogP contribution in [0.3, 0.4) is 0 Å². The Balaban J connectivity index is 2.99. The predicted octanol–water partition coefficient (Wildman–Crippen LogP) is 1.23. The van der Waals surface area contributed by atoms with Crippen LogP contribution in [0, 0.1) is 0 Å². The predicted molar refractivity (Wildman–Crippen MR) is 23.5 cm³/mol. The van der Waals surface area contributed by atoms with Crippen LogP contribution >= 0.6 is 16.6 Å². The highest BCUT2D eigenvalue weighted by Gasteiger charge is 1.73. The maximum Gasteiger partial charge on any atom is 0.161 e. The van der Waals surface area contributed by atoms with Gasteiger partial charge in [-0.05, 0) is 0 Å². The Morgan fingerprint density at radius 1 is 3.00 bits per heavy atom. The van der Waals surface area contributed by atoms with Crippen molar-refractivity contribution in [2.45, 2.75) is 0 Å². The summed E-state index contributed by atoms with van der Waals surface area (Å²) in [5.74, 6) is 0. The molecule has 0 rings (SSSR count). The topological polar surface area (TPSA) is 0 Å². The molecule has 0 heterocycles. The van der Waals surface area contributed by atoms with Crippen LogP contribution in [-0.2, 0) is 0 Å². The Bertz CT molecular complexity index is 32.5. The zero-order valence-corrected chi connectivity index (χ0v) is 3.64. The average molecular weight is 96.8 g/mol. The largest absolute Gasteiger partial charge is 0.235 e. The fourth-order valence-corrected chi connectivity index (χ4v) is 0. The minimum Gasteiger partial charge on any atom is -0.235 e. The molecule has 0 aromatic rings. The van der Waals surface area contributed by atoms with E-state index in [9.17, 15) is 4.20 Å². The van der Waals surface area contributed by atoms with E-state index in [0.29, 0.717) is 0 Å². The van der Waals surface area contributed by atoms with Crippen LogP contribution in [-0.4, -0.2) is 10.1 Å². The van der Waals surface area contributed by atoms with E-state index in [1.165, 1.54) is 0 Å². The molecular weight excluding hydrogens is 91.8 g/mol. The minimum absolute atomic E-state index is 1.98. The first-order valence-corrected chi connectivity index (χ1v) is 3.08. The molecule has 4 heavy (non-hydrogen) atoms. The quantitative estimate of drug-likeness (QED) is 0.340. The molecule has 0 aliphatic carbocycles. The van der Waals surface area contributed by atoms with Gasteiger partial charge in [0.2, 0.25) is 0 Å². The summed E-state index contributed by atoms with van der Waals surface area (Å²) in [6.07, 6.45) is 0. The van der Waals surface area contributed by atoms with Gasteiger partial charge >= 0.3 is 0 Å². The normalized spacial score (nSPS) is 30.2. The smallest absolute Gasteiger partial charge is 0.161 e. The molecule has 0 nitrogen and oxygen atoms in total. The molecule has 0 aliphatic heterocycles. The second-order valence-electron chi connectivity index (χ2n) is 0.289. The first-order valence-electron chi connectivity index (χ1n) is 1.52. The Morgan fingerprint density at radius 3 is 3.25 bits per heavy atom. The molecule has 0 aromatic heterocycles. The Labute approximate surface area is 32.1 Å². The molecule has 0 fully saturated rings. The fraction of sp³-hybridized carbons (Fsp3) is 0. The van der Waals surface area contributed by atoms with Crippen LogP contribution in [0.1, 0.15) is 0 Å². The van der Waals surface area contributed by atoms with E-state index in [1.807, 2.05) is 0 Å². The maximum absolute atomic E-state index is 11.3. The molecule has 4 heteroatoms. The van der Waals surface area contributed by atoms with Crippen molar-refractivity contribution in [3.8, 4) is 0 Å². The van der Waals surface area contributed by atoms with E-state index in [0.717, 1.165) is 0 Å². The molecule has 0 saturated heterocycles. The van der Waals surface area contributed by atoms with E-state index in [4.69, 9.17) is 2.56 Å². The SMILES string of the molecule is [2H]P([3H])P([B])F. The summed E-state index contributed by atoms with van der Waals surface area (Å²) in [5.41, 5.74) is 0. The number of hydrogen-bond acceptors (Lipinski definition) is 0. The van der Waals surface area contributed by atoms with Crippen LogP contribution in [0.2, 0.25) is 0 Å². The van der Waals surface area contributed by atoms with Gasteiger partial charge in [-0.3, -0.25) is 0 Å². The first-order chi connectivity index (χ1) is 2.64. The van der Waals surface area contributed by atoms with Crippen molar-refractivity contribution in [2.75, 3.05) is 0 Å². The van der Waals surface area contributed by atoms with Gasteiger partial charge in [0.25, 0.3) is 0 Å². The third-order valence-electron chi connectivity index (χ3n) is 0. The fourth-order valence-electron chi connectivity index (χ4n) is 0. The molecule has 22 valence electrons. The minimum atomic E-state index is -2.26. The third-order valence-corrected chi connectivity index (χ3v) is 0. The van der Waals surface area contributed by atoms with Gasteiger partial charge in [-0.1, -0.05) is 8.82 Å². The highest BCUT2D eigenvalue weighted by atomic mass is 32.0. The molecular formula is H2BFP2. The van der Waals surface area contributed by atoms with Gasteiger partial charge in [0.15, 0.2) is 7.57 Å².